The van der Waals surface area contributed by atoms with Crippen LogP contribution in [0.4, 0.5) is 11.4 Å². The summed E-state index contributed by atoms with van der Waals surface area (Å²) in [4.78, 5) is 22.9. The molecular formula is C19H18ClN5O4S. The Labute approximate surface area is 181 Å². The van der Waals surface area contributed by atoms with Gasteiger partial charge in [0.2, 0.25) is 5.91 Å². The molecule has 1 aromatic carbocycles. The molecule has 0 spiro atoms. The SMILES string of the molecule is C=CCn1c(SC(C)C(=O)Nc2ccc([N+](=O)[O-])cc2Cl)nnc1-c1ccoc1C. The number of anilines is 1. The van der Waals surface area contributed by atoms with E-state index in [0.29, 0.717) is 29.0 Å². The maximum absolute atomic E-state index is 12.6. The maximum Gasteiger partial charge on any atom is 0.271 e. The number of hydrogen-bond acceptors (Lipinski definition) is 7. The molecule has 9 nitrogen and oxygen atoms in total. The van der Waals surface area contributed by atoms with Gasteiger partial charge in [0.1, 0.15) is 5.76 Å². The summed E-state index contributed by atoms with van der Waals surface area (Å²) < 4.78 is 7.19. The van der Waals surface area contributed by atoms with Gasteiger partial charge < -0.3 is 9.73 Å². The lowest BCUT2D eigenvalue weighted by Crippen LogP contribution is -2.23. The molecule has 0 fully saturated rings. The molecule has 0 saturated carbocycles. The van der Waals surface area contributed by atoms with Gasteiger partial charge in [-0.2, -0.15) is 0 Å². The Balaban J connectivity index is 1.77. The Morgan fingerprint density at radius 3 is 2.83 bits per heavy atom. The summed E-state index contributed by atoms with van der Waals surface area (Å²) in [5, 5.41) is 22.1. The van der Waals surface area contributed by atoms with E-state index in [4.69, 9.17) is 16.0 Å². The van der Waals surface area contributed by atoms with Crippen molar-refractivity contribution in [3.8, 4) is 11.4 Å². The monoisotopic (exact) mass is 447 g/mol. The molecule has 1 amide bonds. The fraction of sp³-hybridized carbons (Fsp3) is 0.211. The summed E-state index contributed by atoms with van der Waals surface area (Å²) in [5.41, 5.74) is 0.952. The second-order valence-corrected chi connectivity index (χ2v) is 7.98. The molecule has 3 aromatic rings. The van der Waals surface area contributed by atoms with Crippen molar-refractivity contribution in [2.45, 2.75) is 30.8 Å². The third-order valence-corrected chi connectivity index (χ3v) is 5.59. The van der Waals surface area contributed by atoms with Gasteiger partial charge in [0.05, 0.1) is 32.7 Å². The third kappa shape index (κ3) is 4.55. The van der Waals surface area contributed by atoms with Crippen molar-refractivity contribution in [2.75, 3.05) is 5.32 Å². The smallest absolute Gasteiger partial charge is 0.271 e. The van der Waals surface area contributed by atoms with Gasteiger partial charge in [0.25, 0.3) is 5.69 Å². The van der Waals surface area contributed by atoms with Crippen LogP contribution in [-0.4, -0.2) is 30.8 Å². The molecule has 1 unspecified atom stereocenters. The molecule has 1 N–H and O–H groups in total. The molecule has 11 heteroatoms. The van der Waals surface area contributed by atoms with E-state index in [-0.39, 0.29) is 16.6 Å². The zero-order chi connectivity index (χ0) is 21.8. The molecule has 0 saturated heterocycles. The second kappa shape index (κ2) is 9.14. The summed E-state index contributed by atoms with van der Waals surface area (Å²) in [7, 11) is 0. The second-order valence-electron chi connectivity index (χ2n) is 6.27. The van der Waals surface area contributed by atoms with E-state index in [1.54, 1.807) is 25.3 Å². The van der Waals surface area contributed by atoms with Crippen molar-refractivity contribution >= 4 is 40.6 Å². The van der Waals surface area contributed by atoms with Crippen LogP contribution >= 0.6 is 23.4 Å². The van der Waals surface area contributed by atoms with E-state index in [1.165, 1.54) is 30.0 Å². The van der Waals surface area contributed by atoms with E-state index >= 15 is 0 Å². The number of furan rings is 1. The minimum absolute atomic E-state index is 0.0855. The topological polar surface area (TPSA) is 116 Å². The Kier molecular flexibility index (Phi) is 6.58. The molecule has 3 rings (SSSR count). The number of aryl methyl sites for hydroxylation is 1. The highest BCUT2D eigenvalue weighted by Gasteiger charge is 2.22. The van der Waals surface area contributed by atoms with E-state index < -0.39 is 10.2 Å². The minimum atomic E-state index is -0.554. The lowest BCUT2D eigenvalue weighted by atomic mass is 10.2. The molecule has 2 aromatic heterocycles. The number of hydrogen-bond donors (Lipinski definition) is 1. The van der Waals surface area contributed by atoms with Gasteiger partial charge in [-0.15, -0.1) is 16.8 Å². The van der Waals surface area contributed by atoms with Gasteiger partial charge >= 0.3 is 0 Å². The first-order valence-electron chi connectivity index (χ1n) is 8.81. The fourth-order valence-electron chi connectivity index (χ4n) is 2.65. The van der Waals surface area contributed by atoms with Gasteiger partial charge in [-0.3, -0.25) is 19.5 Å². The van der Waals surface area contributed by atoms with Gasteiger partial charge in [0, 0.05) is 18.7 Å². The third-order valence-electron chi connectivity index (χ3n) is 4.20. The number of non-ortho nitro benzene ring substituents is 1. The zero-order valence-corrected chi connectivity index (χ0v) is 17.7. The number of allylic oxidation sites excluding steroid dienone is 1. The van der Waals surface area contributed by atoms with E-state index in [2.05, 4.69) is 22.1 Å². The molecular weight excluding hydrogens is 430 g/mol. The number of nitro groups is 1. The number of carbonyl (C=O) groups is 1. The molecule has 0 aliphatic carbocycles. The summed E-state index contributed by atoms with van der Waals surface area (Å²) >= 11 is 7.27. The van der Waals surface area contributed by atoms with E-state index in [9.17, 15) is 14.9 Å². The van der Waals surface area contributed by atoms with Crippen LogP contribution in [0.25, 0.3) is 11.4 Å². The molecule has 30 heavy (non-hydrogen) atoms. The van der Waals surface area contributed by atoms with Crippen molar-refractivity contribution in [2.24, 2.45) is 0 Å². The van der Waals surface area contributed by atoms with Crippen LogP contribution in [0.15, 0.2) is 52.8 Å². The number of thioether (sulfide) groups is 1. The molecule has 1 atom stereocenters. The number of nitro benzene ring substituents is 1. The van der Waals surface area contributed by atoms with Crippen molar-refractivity contribution in [3.05, 3.63) is 64.1 Å². The Morgan fingerprint density at radius 2 is 2.23 bits per heavy atom. The highest BCUT2D eigenvalue weighted by Crippen LogP contribution is 2.31. The summed E-state index contributed by atoms with van der Waals surface area (Å²) in [6.45, 7) is 7.78. The first-order valence-corrected chi connectivity index (χ1v) is 10.1. The lowest BCUT2D eigenvalue weighted by molar-refractivity contribution is -0.384. The van der Waals surface area contributed by atoms with Gasteiger partial charge in [0.15, 0.2) is 11.0 Å². The van der Waals surface area contributed by atoms with Crippen LogP contribution in [0.3, 0.4) is 0 Å². The molecule has 156 valence electrons. The lowest BCUT2D eigenvalue weighted by Gasteiger charge is -2.13. The number of amides is 1. The normalized spacial score (nSPS) is 11.8. The standard InChI is InChI=1S/C19H18ClN5O4S/c1-4-8-24-17(14-7-9-29-11(14)2)22-23-19(24)30-12(3)18(26)21-16-6-5-13(25(27)28)10-15(16)20/h4-7,9-10,12H,1,8H2,2-3H3,(H,21,26). The molecule has 0 aliphatic heterocycles. The average Bonchev–Trinajstić information content (AvgIpc) is 3.29. The van der Waals surface area contributed by atoms with Crippen molar-refractivity contribution in [1.82, 2.24) is 14.8 Å². The summed E-state index contributed by atoms with van der Waals surface area (Å²) in [6.07, 6.45) is 3.29. The van der Waals surface area contributed by atoms with Gasteiger partial charge in [-0.25, -0.2) is 0 Å². The van der Waals surface area contributed by atoms with Gasteiger partial charge in [-0.1, -0.05) is 29.4 Å². The van der Waals surface area contributed by atoms with E-state index in [1.807, 2.05) is 11.5 Å². The first-order chi connectivity index (χ1) is 14.3. The average molecular weight is 448 g/mol. The largest absolute Gasteiger partial charge is 0.469 e. The van der Waals surface area contributed by atoms with Crippen LogP contribution in [0.5, 0.6) is 0 Å². The molecule has 2 heterocycles. The Hall–Kier alpha value is -3.11. The Bertz CT molecular complexity index is 1110. The van der Waals surface area contributed by atoms with Crippen molar-refractivity contribution in [1.29, 1.82) is 0 Å². The molecule has 0 aliphatic rings. The summed E-state index contributed by atoms with van der Waals surface area (Å²) in [5.74, 6) is 1.00. The summed E-state index contributed by atoms with van der Waals surface area (Å²) in [6, 6.07) is 5.67. The number of aromatic nitrogens is 3. The fourth-order valence-corrected chi connectivity index (χ4v) is 3.73. The minimum Gasteiger partial charge on any atom is -0.469 e. The highest BCUT2D eigenvalue weighted by atomic mass is 35.5. The van der Waals surface area contributed by atoms with Crippen LogP contribution in [0.2, 0.25) is 5.02 Å². The van der Waals surface area contributed by atoms with Crippen molar-refractivity contribution < 1.29 is 14.1 Å². The highest BCUT2D eigenvalue weighted by molar-refractivity contribution is 8.00. The van der Waals surface area contributed by atoms with Crippen LogP contribution in [0, 0.1) is 17.0 Å². The quantitative estimate of drug-likeness (QED) is 0.230. The zero-order valence-electron chi connectivity index (χ0n) is 16.2. The van der Waals surface area contributed by atoms with Crippen LogP contribution in [0.1, 0.15) is 12.7 Å². The van der Waals surface area contributed by atoms with Crippen LogP contribution in [-0.2, 0) is 11.3 Å². The number of benzene rings is 1. The maximum atomic E-state index is 12.6. The number of nitrogens with zero attached hydrogens (tertiary/aromatic N) is 4. The number of halogens is 1. The predicted octanol–water partition coefficient (Wildman–Crippen LogP) is 4.71. The molecule has 0 radical (unpaired) electrons. The number of nitrogens with one attached hydrogen (secondary N) is 1. The van der Waals surface area contributed by atoms with Crippen molar-refractivity contribution in [3.63, 3.8) is 0 Å². The van der Waals surface area contributed by atoms with E-state index in [0.717, 1.165) is 5.56 Å². The van der Waals surface area contributed by atoms with Gasteiger partial charge in [-0.05, 0) is 26.0 Å². The predicted molar refractivity (Wildman–Crippen MR) is 115 cm³/mol. The Morgan fingerprint density at radius 1 is 1.47 bits per heavy atom. The number of carbonyl (C=O) groups excluding carboxylic acids is 1. The molecule has 0 bridgehead atoms. The van der Waals surface area contributed by atoms with Crippen LogP contribution < -0.4 is 5.32 Å². The number of rotatable bonds is 8. The first kappa shape index (κ1) is 21.6.